The van der Waals surface area contributed by atoms with Crippen LogP contribution in [0.2, 0.25) is 0 Å². The largest absolute Gasteiger partial charge is 0.481 e. The molecule has 0 heterocycles. The first-order valence-corrected chi connectivity index (χ1v) is 4.96. The third kappa shape index (κ3) is 4.38. The first-order valence-electron chi connectivity index (χ1n) is 4.96. The number of nitrogens with two attached hydrogens (primary N) is 1. The third-order valence-electron chi connectivity index (χ3n) is 1.99. The molecule has 0 aliphatic carbocycles. The van der Waals surface area contributed by atoms with Crippen LogP contribution >= 0.6 is 0 Å². The Morgan fingerprint density at radius 1 is 1.47 bits per heavy atom. The van der Waals surface area contributed by atoms with E-state index >= 15 is 0 Å². The van der Waals surface area contributed by atoms with Gasteiger partial charge in [0.2, 0.25) is 0 Å². The summed E-state index contributed by atoms with van der Waals surface area (Å²) in [6.45, 7) is 1.54. The highest BCUT2D eigenvalue weighted by molar-refractivity contribution is 5.85. The smallest absolute Gasteiger partial charge is 0.328 e. The third-order valence-corrected chi connectivity index (χ3v) is 1.99. The summed E-state index contributed by atoms with van der Waals surface area (Å²) in [5.74, 6) is -1.12. The van der Waals surface area contributed by atoms with Crippen molar-refractivity contribution >= 4 is 18.0 Å². The van der Waals surface area contributed by atoms with Gasteiger partial charge in [0, 0.05) is 6.08 Å². The number of hydrogen-bond donors (Lipinski definition) is 2. The highest BCUT2D eigenvalue weighted by Crippen LogP contribution is 2.15. The Morgan fingerprint density at radius 3 is 2.76 bits per heavy atom. The fourth-order valence-corrected chi connectivity index (χ4v) is 1.12. The molecule has 5 heteroatoms. The lowest BCUT2D eigenvalue weighted by Gasteiger charge is -2.11. The second-order valence-corrected chi connectivity index (χ2v) is 3.41. The zero-order chi connectivity index (χ0) is 12.8. The molecule has 0 fully saturated rings. The van der Waals surface area contributed by atoms with Crippen LogP contribution in [0.3, 0.4) is 0 Å². The van der Waals surface area contributed by atoms with Crippen molar-refractivity contribution in [1.82, 2.24) is 0 Å². The van der Waals surface area contributed by atoms with Gasteiger partial charge in [-0.3, -0.25) is 4.79 Å². The summed E-state index contributed by atoms with van der Waals surface area (Å²) < 4.78 is 5.27. The predicted octanol–water partition coefficient (Wildman–Crippen LogP) is 1.04. The molecule has 90 valence electrons. The molecule has 0 aliphatic rings. The molecular weight excluding hydrogens is 222 g/mol. The summed E-state index contributed by atoms with van der Waals surface area (Å²) >= 11 is 0. The minimum Gasteiger partial charge on any atom is -0.481 e. The summed E-state index contributed by atoms with van der Waals surface area (Å²) in [5, 5.41) is 8.48. The Kier molecular flexibility index (Phi) is 4.28. The van der Waals surface area contributed by atoms with Gasteiger partial charge in [-0.1, -0.05) is 12.1 Å². The van der Waals surface area contributed by atoms with E-state index in [1.165, 1.54) is 6.08 Å². The van der Waals surface area contributed by atoms with Gasteiger partial charge in [0.25, 0.3) is 5.91 Å². The van der Waals surface area contributed by atoms with Crippen molar-refractivity contribution in [2.45, 2.75) is 13.0 Å². The predicted molar refractivity (Wildman–Crippen MR) is 62.4 cm³/mol. The minimum absolute atomic E-state index is 0.462. The second-order valence-electron chi connectivity index (χ2n) is 3.41. The van der Waals surface area contributed by atoms with Crippen molar-refractivity contribution in [2.75, 3.05) is 0 Å². The van der Waals surface area contributed by atoms with E-state index in [2.05, 4.69) is 0 Å². The normalized spacial score (nSPS) is 12.3. The van der Waals surface area contributed by atoms with Gasteiger partial charge < -0.3 is 15.6 Å². The van der Waals surface area contributed by atoms with Gasteiger partial charge in [-0.05, 0) is 30.7 Å². The van der Waals surface area contributed by atoms with Crippen LogP contribution in [-0.2, 0) is 9.59 Å². The molecule has 1 rings (SSSR count). The SMILES string of the molecule is CC(Oc1cccc(/C=C/C(=O)O)c1)C(N)=O. The lowest BCUT2D eigenvalue weighted by atomic mass is 10.2. The number of carboxylic acid groups (broad SMARTS) is 1. The highest BCUT2D eigenvalue weighted by Gasteiger charge is 2.09. The summed E-state index contributed by atoms with van der Waals surface area (Å²) in [7, 11) is 0. The Morgan fingerprint density at radius 2 is 2.18 bits per heavy atom. The second kappa shape index (κ2) is 5.69. The zero-order valence-corrected chi connectivity index (χ0v) is 9.29. The molecule has 1 aromatic rings. The Labute approximate surface area is 98.5 Å². The summed E-state index contributed by atoms with van der Waals surface area (Å²) in [6, 6.07) is 6.71. The molecule has 1 unspecified atom stereocenters. The number of aliphatic carboxylic acids is 1. The van der Waals surface area contributed by atoms with Crippen LogP contribution in [0, 0.1) is 0 Å². The highest BCUT2D eigenvalue weighted by atomic mass is 16.5. The van der Waals surface area contributed by atoms with Crippen molar-refractivity contribution in [2.24, 2.45) is 5.73 Å². The molecule has 0 radical (unpaired) electrons. The van der Waals surface area contributed by atoms with Crippen LogP contribution in [0.4, 0.5) is 0 Å². The lowest BCUT2D eigenvalue weighted by molar-refractivity contribution is -0.131. The topological polar surface area (TPSA) is 89.6 Å². The van der Waals surface area contributed by atoms with Crippen molar-refractivity contribution < 1.29 is 19.4 Å². The average molecular weight is 235 g/mol. The van der Waals surface area contributed by atoms with Crippen molar-refractivity contribution in [1.29, 1.82) is 0 Å². The molecule has 0 spiro atoms. The molecule has 0 bridgehead atoms. The molecule has 5 nitrogen and oxygen atoms in total. The summed E-state index contributed by atoms with van der Waals surface area (Å²) in [5.41, 5.74) is 5.73. The number of ether oxygens (including phenoxy) is 1. The summed E-state index contributed by atoms with van der Waals surface area (Å²) in [6.07, 6.45) is 1.73. The molecular formula is C12H13NO4. The van der Waals surface area contributed by atoms with E-state index in [1.54, 1.807) is 31.2 Å². The maximum atomic E-state index is 10.8. The van der Waals surface area contributed by atoms with Gasteiger partial charge in [-0.15, -0.1) is 0 Å². The number of benzene rings is 1. The van der Waals surface area contributed by atoms with Crippen LogP contribution in [-0.4, -0.2) is 23.1 Å². The van der Waals surface area contributed by atoms with E-state index in [-0.39, 0.29) is 0 Å². The summed E-state index contributed by atoms with van der Waals surface area (Å²) in [4.78, 5) is 21.2. The molecule has 1 atom stereocenters. The van der Waals surface area contributed by atoms with Gasteiger partial charge in [0.15, 0.2) is 6.10 Å². The maximum absolute atomic E-state index is 10.8. The van der Waals surface area contributed by atoms with E-state index in [0.29, 0.717) is 11.3 Å². The van der Waals surface area contributed by atoms with Gasteiger partial charge in [-0.2, -0.15) is 0 Å². The van der Waals surface area contributed by atoms with Gasteiger partial charge in [-0.25, -0.2) is 4.79 Å². The fourth-order valence-electron chi connectivity index (χ4n) is 1.12. The number of hydrogen-bond acceptors (Lipinski definition) is 3. The lowest BCUT2D eigenvalue weighted by Crippen LogP contribution is -2.30. The van der Waals surface area contributed by atoms with Crippen LogP contribution in [0.5, 0.6) is 5.75 Å². The van der Waals surface area contributed by atoms with E-state index in [4.69, 9.17) is 15.6 Å². The first kappa shape index (κ1) is 12.8. The quantitative estimate of drug-likeness (QED) is 0.746. The van der Waals surface area contributed by atoms with Crippen LogP contribution in [0.15, 0.2) is 30.3 Å². The van der Waals surface area contributed by atoms with Crippen LogP contribution in [0.1, 0.15) is 12.5 Å². The minimum atomic E-state index is -1.03. The molecule has 17 heavy (non-hydrogen) atoms. The maximum Gasteiger partial charge on any atom is 0.328 e. The molecule has 0 saturated carbocycles. The van der Waals surface area contributed by atoms with Crippen molar-refractivity contribution in [3.05, 3.63) is 35.9 Å². The first-order chi connectivity index (χ1) is 7.99. The Bertz CT molecular complexity index is 454. The van der Waals surface area contributed by atoms with E-state index in [0.717, 1.165) is 6.08 Å². The van der Waals surface area contributed by atoms with Crippen LogP contribution in [0.25, 0.3) is 6.08 Å². The Hall–Kier alpha value is -2.30. The molecule has 0 saturated heterocycles. The number of carbonyl (C=O) groups excluding carboxylic acids is 1. The number of rotatable bonds is 5. The number of amides is 1. The molecule has 3 N–H and O–H groups in total. The molecule has 0 aliphatic heterocycles. The average Bonchev–Trinajstić information content (AvgIpc) is 2.26. The van der Waals surface area contributed by atoms with E-state index in [1.807, 2.05) is 0 Å². The van der Waals surface area contributed by atoms with Gasteiger partial charge in [0.1, 0.15) is 5.75 Å². The molecule has 1 amide bonds. The van der Waals surface area contributed by atoms with Gasteiger partial charge >= 0.3 is 5.97 Å². The number of carbonyl (C=O) groups is 2. The van der Waals surface area contributed by atoms with Crippen molar-refractivity contribution in [3.63, 3.8) is 0 Å². The number of primary amides is 1. The standard InChI is InChI=1S/C12H13NO4/c1-8(12(13)16)17-10-4-2-3-9(7-10)5-6-11(14)15/h2-8H,1H3,(H2,13,16)(H,14,15)/b6-5+. The monoisotopic (exact) mass is 235 g/mol. The van der Waals surface area contributed by atoms with E-state index < -0.39 is 18.0 Å². The fraction of sp³-hybridized carbons (Fsp3) is 0.167. The molecule has 0 aromatic heterocycles. The van der Waals surface area contributed by atoms with Gasteiger partial charge in [0.05, 0.1) is 0 Å². The van der Waals surface area contributed by atoms with Crippen LogP contribution < -0.4 is 10.5 Å². The Balaban J connectivity index is 2.79. The number of carboxylic acids is 1. The van der Waals surface area contributed by atoms with Crippen molar-refractivity contribution in [3.8, 4) is 5.75 Å². The molecule has 1 aromatic carbocycles. The van der Waals surface area contributed by atoms with E-state index in [9.17, 15) is 9.59 Å². The zero-order valence-electron chi connectivity index (χ0n) is 9.29.